The maximum atomic E-state index is 13.6. The van der Waals surface area contributed by atoms with E-state index in [9.17, 15) is 4.79 Å². The molecular formula is C26H24N8O. The highest BCUT2D eigenvalue weighted by Gasteiger charge is 2.29. The van der Waals surface area contributed by atoms with E-state index in [1.165, 1.54) is 17.4 Å². The van der Waals surface area contributed by atoms with Gasteiger partial charge in [-0.1, -0.05) is 6.07 Å². The van der Waals surface area contributed by atoms with Crippen molar-refractivity contribution in [3.05, 3.63) is 76.6 Å². The van der Waals surface area contributed by atoms with Crippen molar-refractivity contribution in [3.8, 4) is 23.0 Å². The third-order valence-corrected chi connectivity index (χ3v) is 6.94. The van der Waals surface area contributed by atoms with Crippen molar-refractivity contribution < 1.29 is 0 Å². The largest absolute Gasteiger partial charge is 0.307 e. The SMILES string of the molecule is Cc1cc2ncn(-c3cccc(-c4nnc(C)n4C4CC4)n3)c(=O)c2cc1-n1cnc(C2CC2)c1. The van der Waals surface area contributed by atoms with Gasteiger partial charge in [-0.2, -0.15) is 0 Å². The Morgan fingerprint density at radius 1 is 0.971 bits per heavy atom. The fourth-order valence-electron chi connectivity index (χ4n) is 4.76. The predicted octanol–water partition coefficient (Wildman–Crippen LogP) is 4.05. The monoisotopic (exact) mass is 464 g/mol. The standard InChI is InChI=1S/C26H24N8O/c1-15-10-21-19(11-23(15)32-12-22(27-13-32)17-6-7-17)26(35)33(14-28-21)24-5-3-4-20(29-24)25-31-30-16(2)34(25)18-8-9-18/h3-5,10-14,17-18H,6-9H2,1-2H3. The van der Waals surface area contributed by atoms with Crippen LogP contribution in [0.5, 0.6) is 0 Å². The first kappa shape index (κ1) is 20.3. The Labute approximate surface area is 201 Å². The smallest absolute Gasteiger partial charge is 0.267 e. The number of benzene rings is 1. The number of hydrogen-bond acceptors (Lipinski definition) is 6. The summed E-state index contributed by atoms with van der Waals surface area (Å²) in [6.45, 7) is 3.99. The summed E-state index contributed by atoms with van der Waals surface area (Å²) < 4.78 is 5.65. The molecule has 7 rings (SSSR count). The predicted molar refractivity (Wildman–Crippen MR) is 131 cm³/mol. The first-order valence-corrected chi connectivity index (χ1v) is 12.0. The van der Waals surface area contributed by atoms with Crippen LogP contribution in [0, 0.1) is 13.8 Å². The summed E-state index contributed by atoms with van der Waals surface area (Å²) in [5.74, 6) is 2.69. The summed E-state index contributed by atoms with van der Waals surface area (Å²) in [6.07, 6.45) is 10.1. The summed E-state index contributed by atoms with van der Waals surface area (Å²) in [5, 5.41) is 9.17. The highest BCUT2D eigenvalue weighted by molar-refractivity contribution is 5.81. The van der Waals surface area contributed by atoms with Crippen LogP contribution in [0.25, 0.3) is 33.9 Å². The minimum Gasteiger partial charge on any atom is -0.307 e. The van der Waals surface area contributed by atoms with Gasteiger partial charge in [0.05, 0.1) is 28.6 Å². The highest BCUT2D eigenvalue weighted by Crippen LogP contribution is 2.39. The Morgan fingerprint density at radius 3 is 2.63 bits per heavy atom. The summed E-state index contributed by atoms with van der Waals surface area (Å²) in [6, 6.07) is 9.91. The molecule has 9 heteroatoms. The van der Waals surface area contributed by atoms with Crippen LogP contribution < -0.4 is 5.56 Å². The van der Waals surface area contributed by atoms with Crippen molar-refractivity contribution in [1.29, 1.82) is 0 Å². The summed E-state index contributed by atoms with van der Waals surface area (Å²) in [5.41, 5.74) is 4.28. The molecule has 0 atom stereocenters. The van der Waals surface area contributed by atoms with Crippen LogP contribution in [0.2, 0.25) is 0 Å². The lowest BCUT2D eigenvalue weighted by atomic mass is 10.1. The quantitative estimate of drug-likeness (QED) is 0.389. The minimum atomic E-state index is -0.164. The molecule has 4 heterocycles. The Bertz CT molecular complexity index is 1670. The zero-order chi connectivity index (χ0) is 23.7. The van der Waals surface area contributed by atoms with E-state index in [1.54, 1.807) is 6.33 Å². The van der Waals surface area contributed by atoms with E-state index in [2.05, 4.69) is 30.9 Å². The number of nitrogens with zero attached hydrogens (tertiary/aromatic N) is 8. The van der Waals surface area contributed by atoms with E-state index in [0.29, 0.717) is 34.4 Å². The molecular weight excluding hydrogens is 440 g/mol. The second-order valence-electron chi connectivity index (χ2n) is 9.61. The van der Waals surface area contributed by atoms with Crippen molar-refractivity contribution in [2.45, 2.75) is 51.5 Å². The van der Waals surface area contributed by atoms with E-state index in [-0.39, 0.29) is 5.56 Å². The molecule has 2 aliphatic carbocycles. The highest BCUT2D eigenvalue weighted by atomic mass is 16.1. The number of aromatic nitrogens is 8. The van der Waals surface area contributed by atoms with E-state index < -0.39 is 0 Å². The number of fused-ring (bicyclic) bond motifs is 1. The molecule has 0 unspecified atom stereocenters. The topological polar surface area (TPSA) is 96.3 Å². The Hall–Kier alpha value is -4.14. The van der Waals surface area contributed by atoms with Crippen LogP contribution in [0.1, 0.15) is 54.7 Å². The fourth-order valence-corrected chi connectivity index (χ4v) is 4.76. The van der Waals surface area contributed by atoms with Gasteiger partial charge in [0.25, 0.3) is 5.56 Å². The van der Waals surface area contributed by atoms with Gasteiger partial charge in [-0.05, 0) is 69.4 Å². The summed E-state index contributed by atoms with van der Waals surface area (Å²) >= 11 is 0. The lowest BCUT2D eigenvalue weighted by molar-refractivity contribution is 0.715. The molecule has 0 amide bonds. The third kappa shape index (κ3) is 3.38. The van der Waals surface area contributed by atoms with Crippen LogP contribution >= 0.6 is 0 Å². The van der Waals surface area contributed by atoms with Crippen LogP contribution in [0.4, 0.5) is 0 Å². The zero-order valence-corrected chi connectivity index (χ0v) is 19.6. The molecule has 0 N–H and O–H groups in total. The minimum absolute atomic E-state index is 0.164. The zero-order valence-electron chi connectivity index (χ0n) is 19.6. The second-order valence-corrected chi connectivity index (χ2v) is 9.61. The number of rotatable bonds is 5. The van der Waals surface area contributed by atoms with E-state index in [4.69, 9.17) is 4.98 Å². The maximum absolute atomic E-state index is 13.6. The van der Waals surface area contributed by atoms with Gasteiger partial charge in [-0.25, -0.2) is 15.0 Å². The molecule has 9 nitrogen and oxygen atoms in total. The number of aryl methyl sites for hydroxylation is 2. The van der Waals surface area contributed by atoms with Crippen molar-refractivity contribution >= 4 is 10.9 Å². The second kappa shape index (κ2) is 7.43. The molecule has 5 aromatic rings. The lowest BCUT2D eigenvalue weighted by Gasteiger charge is -2.11. The average molecular weight is 465 g/mol. The fraction of sp³-hybridized carbons (Fsp3) is 0.308. The molecule has 0 bridgehead atoms. The Morgan fingerprint density at radius 2 is 1.83 bits per heavy atom. The van der Waals surface area contributed by atoms with Crippen molar-refractivity contribution in [2.24, 2.45) is 0 Å². The van der Waals surface area contributed by atoms with Crippen LogP contribution in [-0.2, 0) is 0 Å². The lowest BCUT2D eigenvalue weighted by Crippen LogP contribution is -2.20. The molecule has 174 valence electrons. The van der Waals surface area contributed by atoms with Crippen molar-refractivity contribution in [3.63, 3.8) is 0 Å². The Kier molecular flexibility index (Phi) is 4.30. The van der Waals surface area contributed by atoms with Gasteiger partial charge in [0.2, 0.25) is 0 Å². The first-order chi connectivity index (χ1) is 17.1. The van der Waals surface area contributed by atoms with Crippen LogP contribution in [-0.4, -0.2) is 38.9 Å². The average Bonchev–Trinajstić information content (AvgIpc) is 3.80. The molecule has 0 spiro atoms. The van der Waals surface area contributed by atoms with Gasteiger partial charge in [0.15, 0.2) is 5.82 Å². The molecule has 2 fully saturated rings. The Balaban J connectivity index is 1.33. The molecule has 0 aliphatic heterocycles. The molecule has 1 aromatic carbocycles. The van der Waals surface area contributed by atoms with Crippen molar-refractivity contribution in [2.75, 3.05) is 0 Å². The molecule has 0 saturated heterocycles. The molecule has 4 aromatic heterocycles. The van der Waals surface area contributed by atoms with Gasteiger partial charge < -0.3 is 9.13 Å². The van der Waals surface area contributed by atoms with Gasteiger partial charge in [0, 0.05) is 18.2 Å². The summed E-state index contributed by atoms with van der Waals surface area (Å²) in [7, 11) is 0. The molecule has 2 aliphatic rings. The van der Waals surface area contributed by atoms with Gasteiger partial charge in [-0.15, -0.1) is 10.2 Å². The number of hydrogen-bond donors (Lipinski definition) is 0. The molecule has 2 saturated carbocycles. The van der Waals surface area contributed by atoms with E-state index in [1.807, 2.05) is 55.1 Å². The number of imidazole rings is 1. The van der Waals surface area contributed by atoms with E-state index in [0.717, 1.165) is 41.4 Å². The molecule has 0 radical (unpaired) electrons. The first-order valence-electron chi connectivity index (χ1n) is 12.0. The van der Waals surface area contributed by atoms with Crippen LogP contribution in [0.3, 0.4) is 0 Å². The normalized spacial score (nSPS) is 15.7. The van der Waals surface area contributed by atoms with Crippen LogP contribution in [0.15, 0.2) is 54.0 Å². The molecule has 35 heavy (non-hydrogen) atoms. The van der Waals surface area contributed by atoms with Crippen molar-refractivity contribution in [1.82, 2.24) is 38.9 Å². The summed E-state index contributed by atoms with van der Waals surface area (Å²) in [4.78, 5) is 27.5. The van der Waals surface area contributed by atoms with Gasteiger partial charge in [0.1, 0.15) is 23.7 Å². The third-order valence-electron chi connectivity index (χ3n) is 6.94. The van der Waals surface area contributed by atoms with Gasteiger partial charge >= 0.3 is 0 Å². The van der Waals surface area contributed by atoms with Gasteiger partial charge in [-0.3, -0.25) is 9.36 Å². The maximum Gasteiger partial charge on any atom is 0.267 e. The number of pyridine rings is 1. The van der Waals surface area contributed by atoms with E-state index >= 15 is 0 Å².